The highest BCUT2D eigenvalue weighted by Gasteiger charge is 1.99. The summed E-state index contributed by atoms with van der Waals surface area (Å²) in [5, 5.41) is 16.4. The van der Waals surface area contributed by atoms with E-state index in [0.29, 0.717) is 11.5 Å². The van der Waals surface area contributed by atoms with E-state index in [0.717, 1.165) is 0 Å². The molecule has 0 saturated carbocycles. The van der Waals surface area contributed by atoms with Gasteiger partial charge in [-0.25, -0.2) is 0 Å². The van der Waals surface area contributed by atoms with Gasteiger partial charge in [-0.3, -0.25) is 9.59 Å². The Morgan fingerprint density at radius 2 is 0.468 bits per heavy atom. The van der Waals surface area contributed by atoms with Crippen molar-refractivity contribution in [3.8, 4) is 0 Å². The van der Waals surface area contributed by atoms with Gasteiger partial charge >= 0.3 is 11.9 Å². The average Bonchev–Trinajstić information content (AvgIpc) is 3.05. The molecule has 284 valence electrons. The number of carbonyl (C=O) groups is 2. The van der Waals surface area contributed by atoms with Crippen LogP contribution in [-0.2, 0) is 9.59 Å². The molecule has 4 nitrogen and oxygen atoms in total. The van der Waals surface area contributed by atoms with E-state index in [2.05, 4.69) is 27.7 Å². The van der Waals surface area contributed by atoms with Gasteiger partial charge in [-0.1, -0.05) is 233 Å². The van der Waals surface area contributed by atoms with E-state index in [1.807, 2.05) is 0 Å². The van der Waals surface area contributed by atoms with Crippen LogP contribution in [0.2, 0.25) is 0 Å². The fraction of sp³-hybridized carbons (Fsp3) is 0.952. The van der Waals surface area contributed by atoms with Crippen molar-refractivity contribution >= 4 is 23.7 Å². The first-order chi connectivity index (χ1) is 23.0. The van der Waals surface area contributed by atoms with E-state index < -0.39 is 11.9 Å². The van der Waals surface area contributed by atoms with Gasteiger partial charge in [-0.15, -0.1) is 0 Å². The van der Waals surface area contributed by atoms with E-state index in [-0.39, 0.29) is 12.8 Å². The van der Waals surface area contributed by atoms with Crippen molar-refractivity contribution < 1.29 is 19.8 Å². The lowest BCUT2D eigenvalue weighted by Gasteiger charge is -2.03. The summed E-state index contributed by atoms with van der Waals surface area (Å²) in [7, 11) is 0. The normalized spacial score (nSPS) is 10.6. The number of thioether (sulfide) groups is 1. The zero-order chi connectivity index (χ0) is 35.3. The maximum atomic E-state index is 9.97. The van der Waals surface area contributed by atoms with Gasteiger partial charge in [0.25, 0.3) is 0 Å². The lowest BCUT2D eigenvalue weighted by atomic mass is 10.0. The highest BCUT2D eigenvalue weighted by Crippen LogP contribution is 2.15. The molecule has 0 fully saturated rings. The van der Waals surface area contributed by atoms with Crippen LogP contribution in [0.5, 0.6) is 0 Å². The highest BCUT2D eigenvalue weighted by molar-refractivity contribution is 7.99. The van der Waals surface area contributed by atoms with Crippen LogP contribution in [0.25, 0.3) is 0 Å². The third-order valence-electron chi connectivity index (χ3n) is 8.83. The molecular formula is C42H86O4S. The van der Waals surface area contributed by atoms with Crippen molar-refractivity contribution in [2.75, 3.05) is 11.5 Å². The van der Waals surface area contributed by atoms with Crippen LogP contribution >= 0.6 is 11.8 Å². The molecule has 0 aliphatic rings. The highest BCUT2D eigenvalue weighted by atomic mass is 32.2. The van der Waals surface area contributed by atoms with Crippen LogP contribution < -0.4 is 0 Å². The zero-order valence-electron chi connectivity index (χ0n) is 32.6. The van der Waals surface area contributed by atoms with Gasteiger partial charge in [0.15, 0.2) is 0 Å². The van der Waals surface area contributed by atoms with Crippen LogP contribution in [0, 0.1) is 0 Å². The summed E-state index contributed by atoms with van der Waals surface area (Å²) in [5.74, 6) is -0.703. The Kier molecular flexibility index (Phi) is 53.5. The molecule has 0 aromatic heterocycles. The second-order valence-corrected chi connectivity index (χ2v) is 15.0. The van der Waals surface area contributed by atoms with E-state index in [1.54, 1.807) is 0 Å². The van der Waals surface area contributed by atoms with Gasteiger partial charge < -0.3 is 10.2 Å². The second-order valence-electron chi connectivity index (χ2n) is 13.8. The number of rotatable bonds is 36. The molecule has 0 bridgehead atoms. The first kappa shape index (κ1) is 50.7. The van der Waals surface area contributed by atoms with Gasteiger partial charge in [-0.2, -0.15) is 11.8 Å². The molecule has 0 heterocycles. The van der Waals surface area contributed by atoms with E-state index in [1.165, 1.54) is 217 Å². The quantitative estimate of drug-likeness (QED) is 0.0642. The lowest BCUT2D eigenvalue weighted by Crippen LogP contribution is -1.99. The van der Waals surface area contributed by atoms with Crippen molar-refractivity contribution in [3.63, 3.8) is 0 Å². The maximum Gasteiger partial charge on any atom is 0.304 e. The molecule has 0 aromatic rings. The Balaban J connectivity index is -0.000000638. The number of hydrogen-bond acceptors (Lipinski definition) is 3. The molecule has 2 N–H and O–H groups in total. The smallest absolute Gasteiger partial charge is 0.304 e. The minimum absolute atomic E-state index is 0.101. The standard InChI is InChI=1S/2C18H38.C6H10O4S/c2*1-3-5-7-9-11-13-15-17-18-16-14-12-10-8-6-4-2;7-5(8)1-3-11-4-2-6(9)10/h2*3-18H2,1-2H3;1-4H2,(H,7,8)(H,9,10). The monoisotopic (exact) mass is 687 g/mol. The molecule has 47 heavy (non-hydrogen) atoms. The Morgan fingerprint density at radius 3 is 0.596 bits per heavy atom. The molecule has 0 aromatic carbocycles. The van der Waals surface area contributed by atoms with Crippen molar-refractivity contribution in [3.05, 3.63) is 0 Å². The molecule has 0 aliphatic carbocycles. The van der Waals surface area contributed by atoms with Gasteiger partial charge in [0.05, 0.1) is 12.8 Å². The molecule has 0 radical (unpaired) electrons. The SMILES string of the molecule is CCCCCCCCCCCCCCCCCC.CCCCCCCCCCCCCCCCCC.O=C(O)CCSCCC(=O)O. The number of carboxylic acid groups (broad SMARTS) is 2. The van der Waals surface area contributed by atoms with Gasteiger partial charge in [-0.05, 0) is 0 Å². The van der Waals surface area contributed by atoms with E-state index in [9.17, 15) is 9.59 Å². The fourth-order valence-electron chi connectivity index (χ4n) is 5.66. The molecule has 0 spiro atoms. The van der Waals surface area contributed by atoms with Crippen LogP contribution in [0.15, 0.2) is 0 Å². The fourth-order valence-corrected chi connectivity index (χ4v) is 6.51. The Hall–Kier alpha value is -0.710. The molecule has 0 unspecified atom stereocenters. The van der Waals surface area contributed by atoms with Crippen molar-refractivity contribution in [1.29, 1.82) is 0 Å². The summed E-state index contributed by atoms with van der Waals surface area (Å²) in [6.45, 7) is 9.18. The summed E-state index contributed by atoms with van der Waals surface area (Å²) in [4.78, 5) is 19.9. The molecule has 0 atom stereocenters. The summed E-state index contributed by atoms with van der Waals surface area (Å²) < 4.78 is 0. The van der Waals surface area contributed by atoms with Crippen LogP contribution in [0.3, 0.4) is 0 Å². The topological polar surface area (TPSA) is 74.6 Å². The average molecular weight is 687 g/mol. The first-order valence-corrected chi connectivity index (χ1v) is 22.1. The van der Waals surface area contributed by atoms with Crippen LogP contribution in [-0.4, -0.2) is 33.7 Å². The van der Waals surface area contributed by atoms with Crippen molar-refractivity contribution in [2.24, 2.45) is 0 Å². The molecular weight excluding hydrogens is 601 g/mol. The largest absolute Gasteiger partial charge is 0.481 e. The van der Waals surface area contributed by atoms with E-state index >= 15 is 0 Å². The summed E-state index contributed by atoms with van der Waals surface area (Å²) in [6, 6.07) is 0. The van der Waals surface area contributed by atoms with Gasteiger partial charge in [0.1, 0.15) is 0 Å². The van der Waals surface area contributed by atoms with Gasteiger partial charge in [0.2, 0.25) is 0 Å². The zero-order valence-corrected chi connectivity index (χ0v) is 33.4. The predicted molar refractivity (Wildman–Crippen MR) is 212 cm³/mol. The minimum Gasteiger partial charge on any atom is -0.481 e. The molecule has 5 heteroatoms. The van der Waals surface area contributed by atoms with Gasteiger partial charge in [0, 0.05) is 11.5 Å². The lowest BCUT2D eigenvalue weighted by molar-refractivity contribution is -0.137. The summed E-state index contributed by atoms with van der Waals surface area (Å²) in [6.07, 6.45) is 47.0. The molecule has 0 aliphatic heterocycles. The summed E-state index contributed by atoms with van der Waals surface area (Å²) in [5.41, 5.74) is 0. The second kappa shape index (κ2) is 49.7. The predicted octanol–water partition coefficient (Wildman–Crippen LogP) is 15.2. The maximum absolute atomic E-state index is 9.97. The first-order valence-electron chi connectivity index (χ1n) is 21.0. The Morgan fingerprint density at radius 1 is 0.319 bits per heavy atom. The van der Waals surface area contributed by atoms with E-state index in [4.69, 9.17) is 10.2 Å². The van der Waals surface area contributed by atoms with Crippen LogP contribution in [0.1, 0.15) is 246 Å². The van der Waals surface area contributed by atoms with Crippen molar-refractivity contribution in [1.82, 2.24) is 0 Å². The number of unbranched alkanes of at least 4 members (excludes halogenated alkanes) is 30. The van der Waals surface area contributed by atoms with Crippen LogP contribution in [0.4, 0.5) is 0 Å². The molecule has 0 rings (SSSR count). The Labute approximate surface area is 300 Å². The molecule has 0 saturated heterocycles. The minimum atomic E-state index is -0.840. The summed E-state index contributed by atoms with van der Waals surface area (Å²) >= 11 is 1.35. The number of aliphatic carboxylic acids is 2. The third kappa shape index (κ3) is 61.0. The van der Waals surface area contributed by atoms with Crippen molar-refractivity contribution in [2.45, 2.75) is 246 Å². The number of hydrogen-bond donors (Lipinski definition) is 2. The third-order valence-corrected chi connectivity index (χ3v) is 9.82. The molecule has 0 amide bonds. The Bertz CT molecular complexity index is 489. The number of carboxylic acids is 2.